The molecular weight excluding hydrogens is 489 g/mol. The molecule has 2 aromatic carbocycles. The largest absolute Gasteiger partial charge is 0.353 e. The Labute approximate surface area is 212 Å². The zero-order valence-corrected chi connectivity index (χ0v) is 20.7. The summed E-state index contributed by atoms with van der Waals surface area (Å²) in [6.07, 6.45) is 0. The number of amides is 2. The van der Waals surface area contributed by atoms with Crippen LogP contribution in [0, 0.1) is 5.82 Å². The van der Waals surface area contributed by atoms with E-state index in [4.69, 9.17) is 11.6 Å². The van der Waals surface area contributed by atoms with Gasteiger partial charge in [0.2, 0.25) is 5.91 Å². The van der Waals surface area contributed by atoms with Crippen molar-refractivity contribution in [1.82, 2.24) is 20.2 Å². The highest BCUT2D eigenvalue weighted by atomic mass is 35.5. The molecule has 182 valence electrons. The van der Waals surface area contributed by atoms with Gasteiger partial charge in [-0.15, -0.1) is 0 Å². The first-order valence-corrected chi connectivity index (χ1v) is 12.5. The van der Waals surface area contributed by atoms with Crippen LogP contribution in [-0.4, -0.2) is 58.1 Å². The van der Waals surface area contributed by atoms with Crippen LogP contribution in [0.2, 0.25) is 5.15 Å². The summed E-state index contributed by atoms with van der Waals surface area (Å²) in [7, 11) is 0. The number of thioether (sulfide) groups is 1. The number of piperazine rings is 1. The fourth-order valence-corrected chi connectivity index (χ4v) is 4.76. The molecule has 0 spiro atoms. The van der Waals surface area contributed by atoms with Crippen molar-refractivity contribution in [2.45, 2.75) is 24.7 Å². The van der Waals surface area contributed by atoms with Gasteiger partial charge in [-0.25, -0.2) is 14.4 Å². The molecule has 1 atom stereocenters. The maximum atomic E-state index is 13.6. The Hall–Kier alpha value is -3.17. The number of carbonyl (C=O) groups excluding carboxylic acids is 2. The van der Waals surface area contributed by atoms with Gasteiger partial charge in [-0.2, -0.15) is 0 Å². The molecular formula is C25H25ClFN5O2S. The summed E-state index contributed by atoms with van der Waals surface area (Å²) in [5.74, 6) is 0.0505. The molecule has 1 N–H and O–H groups in total. The normalized spacial score (nSPS) is 15.7. The van der Waals surface area contributed by atoms with Crippen LogP contribution in [0.25, 0.3) is 0 Å². The zero-order valence-electron chi connectivity index (χ0n) is 19.2. The van der Waals surface area contributed by atoms with E-state index in [-0.39, 0.29) is 28.8 Å². The molecule has 0 saturated carbocycles. The molecule has 1 aliphatic heterocycles. The van der Waals surface area contributed by atoms with E-state index in [9.17, 15) is 14.0 Å². The number of hydrogen-bond donors (Lipinski definition) is 1. The van der Waals surface area contributed by atoms with Crippen molar-refractivity contribution in [2.24, 2.45) is 0 Å². The molecule has 1 aliphatic rings. The number of nitrogens with zero attached hydrogens (tertiary/aromatic N) is 4. The van der Waals surface area contributed by atoms with Gasteiger partial charge >= 0.3 is 0 Å². The molecule has 0 radical (unpaired) electrons. The summed E-state index contributed by atoms with van der Waals surface area (Å²) in [5, 5.41) is 3.58. The van der Waals surface area contributed by atoms with E-state index in [2.05, 4.69) is 15.3 Å². The molecule has 1 unspecified atom stereocenters. The minimum absolute atomic E-state index is 0.117. The van der Waals surface area contributed by atoms with Crippen LogP contribution in [0.1, 0.15) is 22.8 Å². The maximum Gasteiger partial charge on any atom is 0.254 e. The SMILES string of the molecule is CC1CN(c2cc(Cl)nc(SCC(=O)NCc3ccccc3)n2)CCN1C(=O)c1cccc(F)c1. The van der Waals surface area contributed by atoms with E-state index < -0.39 is 5.82 Å². The van der Waals surface area contributed by atoms with Gasteiger partial charge in [-0.1, -0.05) is 59.8 Å². The van der Waals surface area contributed by atoms with Crippen LogP contribution < -0.4 is 10.2 Å². The molecule has 0 aliphatic carbocycles. The number of nitrogens with one attached hydrogen (secondary N) is 1. The fourth-order valence-electron chi connectivity index (χ4n) is 3.84. The summed E-state index contributed by atoms with van der Waals surface area (Å²) >= 11 is 7.46. The Balaban J connectivity index is 1.34. The Morgan fingerprint density at radius 3 is 2.66 bits per heavy atom. The molecule has 1 fully saturated rings. The summed E-state index contributed by atoms with van der Waals surface area (Å²) in [6.45, 7) is 3.94. The van der Waals surface area contributed by atoms with Gasteiger partial charge in [0.1, 0.15) is 16.8 Å². The molecule has 4 rings (SSSR count). The highest BCUT2D eigenvalue weighted by molar-refractivity contribution is 7.99. The van der Waals surface area contributed by atoms with E-state index in [1.54, 1.807) is 17.0 Å². The molecule has 1 aromatic heterocycles. The van der Waals surface area contributed by atoms with Gasteiger partial charge in [0.25, 0.3) is 5.91 Å². The lowest BCUT2D eigenvalue weighted by Crippen LogP contribution is -2.54. The van der Waals surface area contributed by atoms with E-state index in [1.807, 2.05) is 42.2 Å². The van der Waals surface area contributed by atoms with Crippen LogP contribution in [-0.2, 0) is 11.3 Å². The first-order valence-electron chi connectivity index (χ1n) is 11.2. The third-order valence-corrected chi connectivity index (χ3v) is 6.65. The number of benzene rings is 2. The molecule has 1 saturated heterocycles. The molecule has 35 heavy (non-hydrogen) atoms. The van der Waals surface area contributed by atoms with Gasteiger partial charge in [0.15, 0.2) is 5.16 Å². The minimum Gasteiger partial charge on any atom is -0.353 e. The number of carbonyl (C=O) groups is 2. The van der Waals surface area contributed by atoms with Crippen molar-refractivity contribution >= 4 is 41.0 Å². The van der Waals surface area contributed by atoms with E-state index in [0.717, 1.165) is 5.56 Å². The van der Waals surface area contributed by atoms with Crippen LogP contribution in [0.4, 0.5) is 10.2 Å². The zero-order chi connectivity index (χ0) is 24.8. The van der Waals surface area contributed by atoms with Crippen molar-refractivity contribution in [2.75, 3.05) is 30.3 Å². The number of anilines is 1. The lowest BCUT2D eigenvalue weighted by atomic mass is 10.1. The Morgan fingerprint density at radius 2 is 1.91 bits per heavy atom. The number of aromatic nitrogens is 2. The van der Waals surface area contributed by atoms with E-state index >= 15 is 0 Å². The van der Waals surface area contributed by atoms with Crippen molar-refractivity contribution in [3.05, 3.63) is 82.8 Å². The first kappa shape index (κ1) is 24.9. The average Bonchev–Trinajstić information content (AvgIpc) is 2.86. The predicted octanol–water partition coefficient (Wildman–Crippen LogP) is 4.03. The maximum absolute atomic E-state index is 13.6. The molecule has 3 aromatic rings. The summed E-state index contributed by atoms with van der Waals surface area (Å²) in [6, 6.07) is 17.0. The highest BCUT2D eigenvalue weighted by Crippen LogP contribution is 2.24. The van der Waals surface area contributed by atoms with Gasteiger partial charge in [0.05, 0.1) is 5.75 Å². The Morgan fingerprint density at radius 1 is 1.11 bits per heavy atom. The van der Waals surface area contributed by atoms with Crippen molar-refractivity contribution in [3.8, 4) is 0 Å². The minimum atomic E-state index is -0.434. The van der Waals surface area contributed by atoms with Crippen LogP contribution in [0.15, 0.2) is 65.8 Å². The second-order valence-corrected chi connectivity index (χ2v) is 9.52. The number of hydrogen-bond acceptors (Lipinski definition) is 6. The summed E-state index contributed by atoms with van der Waals surface area (Å²) in [4.78, 5) is 37.7. The van der Waals surface area contributed by atoms with Crippen LogP contribution in [0.5, 0.6) is 0 Å². The molecule has 2 heterocycles. The van der Waals surface area contributed by atoms with Gasteiger partial charge in [-0.3, -0.25) is 9.59 Å². The van der Waals surface area contributed by atoms with Crippen LogP contribution in [0.3, 0.4) is 0 Å². The monoisotopic (exact) mass is 513 g/mol. The third kappa shape index (κ3) is 6.70. The van der Waals surface area contributed by atoms with Gasteiger partial charge in [-0.05, 0) is 30.7 Å². The van der Waals surface area contributed by atoms with Gasteiger partial charge < -0.3 is 15.1 Å². The summed E-state index contributed by atoms with van der Waals surface area (Å²) in [5.41, 5.74) is 1.36. The quantitative estimate of drug-likeness (QED) is 0.292. The van der Waals surface area contributed by atoms with E-state index in [0.29, 0.717) is 42.7 Å². The number of halogens is 2. The van der Waals surface area contributed by atoms with Crippen molar-refractivity contribution < 1.29 is 14.0 Å². The van der Waals surface area contributed by atoms with Crippen molar-refractivity contribution in [3.63, 3.8) is 0 Å². The molecule has 7 nitrogen and oxygen atoms in total. The lowest BCUT2D eigenvalue weighted by Gasteiger charge is -2.40. The van der Waals surface area contributed by atoms with Gasteiger partial charge in [0, 0.05) is 43.9 Å². The van der Waals surface area contributed by atoms with E-state index in [1.165, 1.54) is 30.0 Å². The number of rotatable bonds is 7. The Bertz CT molecular complexity index is 1200. The Kier molecular flexibility index (Phi) is 8.20. The second-order valence-electron chi connectivity index (χ2n) is 8.19. The van der Waals surface area contributed by atoms with Crippen LogP contribution >= 0.6 is 23.4 Å². The summed E-state index contributed by atoms with van der Waals surface area (Å²) < 4.78 is 13.6. The topological polar surface area (TPSA) is 78.4 Å². The van der Waals surface area contributed by atoms with Crippen molar-refractivity contribution in [1.29, 1.82) is 0 Å². The smallest absolute Gasteiger partial charge is 0.254 e. The average molecular weight is 514 g/mol. The molecule has 2 amide bonds. The second kappa shape index (κ2) is 11.5. The standard InChI is InChI=1S/C25H25ClFN5O2S/c1-17-15-31(10-11-32(17)24(34)19-8-5-9-20(27)12-19)22-13-21(26)29-25(30-22)35-16-23(33)28-14-18-6-3-2-4-7-18/h2-9,12-13,17H,10-11,14-16H2,1H3,(H,28,33). The molecule has 10 heteroatoms. The lowest BCUT2D eigenvalue weighted by molar-refractivity contribution is -0.118. The first-order chi connectivity index (χ1) is 16.9. The molecule has 0 bridgehead atoms. The highest BCUT2D eigenvalue weighted by Gasteiger charge is 2.29. The third-order valence-electron chi connectivity index (χ3n) is 5.61. The predicted molar refractivity (Wildman–Crippen MR) is 135 cm³/mol. The fraction of sp³-hybridized carbons (Fsp3) is 0.280.